The van der Waals surface area contributed by atoms with Crippen molar-refractivity contribution in [3.05, 3.63) is 119 Å². The highest BCUT2D eigenvalue weighted by Crippen LogP contribution is 2.37. The summed E-state index contributed by atoms with van der Waals surface area (Å²) >= 11 is 4.77. The number of allylic oxidation sites excluding steroid dienone is 1. The number of benzene rings is 3. The van der Waals surface area contributed by atoms with E-state index in [4.69, 9.17) is 14.5 Å². The van der Waals surface area contributed by atoms with Gasteiger partial charge < -0.3 is 14.8 Å². The number of thiazole rings is 1. The molecule has 192 valence electrons. The van der Waals surface area contributed by atoms with Gasteiger partial charge >= 0.3 is 0 Å². The van der Waals surface area contributed by atoms with E-state index in [0.717, 1.165) is 10.0 Å². The topological polar surface area (TPSA) is 81.9 Å². The number of halogens is 1. The molecule has 1 aliphatic heterocycles. The summed E-state index contributed by atoms with van der Waals surface area (Å²) < 4.78 is 14.1. The Morgan fingerprint density at radius 2 is 1.84 bits per heavy atom. The smallest absolute Gasteiger partial charge is 0.271 e. The number of ether oxygens (including phenoxy) is 2. The molecule has 0 bridgehead atoms. The maximum absolute atomic E-state index is 13.9. The Bertz CT molecular complexity index is 1740. The highest BCUT2D eigenvalue weighted by atomic mass is 79.9. The Labute approximate surface area is 231 Å². The summed E-state index contributed by atoms with van der Waals surface area (Å²) in [7, 11) is 3.12. The predicted octanol–water partition coefficient (Wildman–Crippen LogP) is 4.65. The van der Waals surface area contributed by atoms with Gasteiger partial charge in [0.25, 0.3) is 11.5 Å². The zero-order chi connectivity index (χ0) is 26.8. The third kappa shape index (κ3) is 4.94. The summed E-state index contributed by atoms with van der Waals surface area (Å²) in [6.07, 6.45) is 1.83. The molecular formula is C29H24BrN3O4S. The monoisotopic (exact) mass is 589 g/mol. The fourth-order valence-corrected chi connectivity index (χ4v) is 5.88. The number of hydrogen-bond acceptors (Lipinski definition) is 6. The number of amides is 1. The lowest BCUT2D eigenvalue weighted by Gasteiger charge is -2.26. The largest absolute Gasteiger partial charge is 0.497 e. The molecular weight excluding hydrogens is 566 g/mol. The van der Waals surface area contributed by atoms with Crippen LogP contribution in [0.1, 0.15) is 24.1 Å². The van der Waals surface area contributed by atoms with E-state index in [1.807, 2.05) is 66.7 Å². The van der Waals surface area contributed by atoms with Crippen LogP contribution in [0.3, 0.4) is 0 Å². The van der Waals surface area contributed by atoms with Crippen molar-refractivity contribution in [2.24, 2.45) is 4.99 Å². The molecule has 5 rings (SSSR count). The summed E-state index contributed by atoms with van der Waals surface area (Å²) in [5.41, 5.74) is 2.81. The average molecular weight is 590 g/mol. The maximum Gasteiger partial charge on any atom is 0.271 e. The van der Waals surface area contributed by atoms with Crippen molar-refractivity contribution >= 4 is 44.9 Å². The second-order valence-corrected chi connectivity index (χ2v) is 10.5. The van der Waals surface area contributed by atoms with Gasteiger partial charge in [0.1, 0.15) is 17.5 Å². The molecule has 1 N–H and O–H groups in total. The molecule has 0 saturated heterocycles. The van der Waals surface area contributed by atoms with Crippen LogP contribution in [0.2, 0.25) is 0 Å². The average Bonchev–Trinajstić information content (AvgIpc) is 3.22. The zero-order valence-electron chi connectivity index (χ0n) is 20.9. The van der Waals surface area contributed by atoms with Crippen molar-refractivity contribution in [2.75, 3.05) is 19.5 Å². The number of carbonyl (C=O) groups is 1. The summed E-state index contributed by atoms with van der Waals surface area (Å²) in [6.45, 7) is 1.79. The van der Waals surface area contributed by atoms with Gasteiger partial charge in [0.2, 0.25) is 0 Å². The van der Waals surface area contributed by atoms with Gasteiger partial charge in [-0.15, -0.1) is 0 Å². The molecule has 2 heterocycles. The fourth-order valence-electron chi connectivity index (χ4n) is 4.42. The van der Waals surface area contributed by atoms with Gasteiger partial charge in [-0.1, -0.05) is 57.6 Å². The molecule has 9 heteroatoms. The molecule has 3 aromatic carbocycles. The number of anilines is 1. The summed E-state index contributed by atoms with van der Waals surface area (Å²) in [5.74, 6) is 0.751. The number of carbonyl (C=O) groups excluding carboxylic acids is 1. The molecule has 1 amide bonds. The molecule has 1 atom stereocenters. The molecule has 0 unspecified atom stereocenters. The second-order valence-electron chi connectivity index (χ2n) is 8.56. The number of aromatic nitrogens is 1. The van der Waals surface area contributed by atoms with Gasteiger partial charge in [-0.2, -0.15) is 0 Å². The van der Waals surface area contributed by atoms with Crippen molar-refractivity contribution in [1.82, 2.24) is 4.57 Å². The van der Waals surface area contributed by atoms with Crippen LogP contribution in [0.15, 0.2) is 98.3 Å². The maximum atomic E-state index is 13.9. The number of methoxy groups -OCH3 is 2. The van der Waals surface area contributed by atoms with Crippen LogP contribution < -0.4 is 29.7 Å². The summed E-state index contributed by atoms with van der Waals surface area (Å²) in [6, 6.07) is 21.5. The van der Waals surface area contributed by atoms with E-state index in [1.165, 1.54) is 11.3 Å². The number of nitrogens with one attached hydrogen (secondary N) is 1. The molecule has 0 radical (unpaired) electrons. The minimum atomic E-state index is -0.763. The minimum Gasteiger partial charge on any atom is -0.497 e. The van der Waals surface area contributed by atoms with Gasteiger partial charge in [0.15, 0.2) is 4.80 Å². The molecule has 38 heavy (non-hydrogen) atoms. The molecule has 1 aromatic heterocycles. The Morgan fingerprint density at radius 1 is 1.05 bits per heavy atom. The van der Waals surface area contributed by atoms with Crippen molar-refractivity contribution in [1.29, 1.82) is 0 Å². The first kappa shape index (κ1) is 25.7. The quantitative estimate of drug-likeness (QED) is 0.355. The van der Waals surface area contributed by atoms with Crippen molar-refractivity contribution < 1.29 is 14.3 Å². The van der Waals surface area contributed by atoms with Crippen LogP contribution >= 0.6 is 27.3 Å². The van der Waals surface area contributed by atoms with Crippen molar-refractivity contribution in [2.45, 2.75) is 13.0 Å². The van der Waals surface area contributed by atoms with E-state index >= 15 is 0 Å². The fraction of sp³-hybridized carbons (Fsp3) is 0.138. The van der Waals surface area contributed by atoms with E-state index in [-0.39, 0.29) is 11.5 Å². The first-order valence-corrected chi connectivity index (χ1v) is 13.4. The third-order valence-corrected chi connectivity index (χ3v) is 7.66. The first-order valence-electron chi connectivity index (χ1n) is 11.8. The normalized spacial score (nSPS) is 15.1. The zero-order valence-corrected chi connectivity index (χ0v) is 23.3. The van der Waals surface area contributed by atoms with Crippen LogP contribution in [-0.2, 0) is 4.79 Å². The van der Waals surface area contributed by atoms with Crippen LogP contribution in [-0.4, -0.2) is 24.7 Å². The van der Waals surface area contributed by atoms with Gasteiger partial charge in [0.05, 0.1) is 30.0 Å². The van der Waals surface area contributed by atoms with Crippen LogP contribution in [0.5, 0.6) is 11.5 Å². The summed E-state index contributed by atoms with van der Waals surface area (Å²) in [5, 5.41) is 2.96. The Kier molecular flexibility index (Phi) is 7.31. The number of para-hydroxylation sites is 1. The van der Waals surface area contributed by atoms with Crippen molar-refractivity contribution in [3.63, 3.8) is 0 Å². The van der Waals surface area contributed by atoms with Crippen LogP contribution in [0.4, 0.5) is 5.69 Å². The number of rotatable bonds is 6. The van der Waals surface area contributed by atoms with E-state index < -0.39 is 6.04 Å². The first-order chi connectivity index (χ1) is 18.4. The standard InChI is InChI=1S/C29H24BrN3O4S/c1-17-25(27(34)32-20-10-5-4-6-11-20)26(22-13-12-21(36-2)16-23(22)37-3)33-28(35)24(38-29(33)31-17)15-18-8-7-9-19(30)14-18/h4-16,26H,1-3H3,(H,32,34)/b24-15-/t26-/m0/s1. The summed E-state index contributed by atoms with van der Waals surface area (Å²) in [4.78, 5) is 32.8. The lowest BCUT2D eigenvalue weighted by molar-refractivity contribution is -0.113. The Hall–Kier alpha value is -3.95. The molecule has 4 aromatic rings. The Balaban J connectivity index is 1.72. The number of nitrogens with zero attached hydrogens (tertiary/aromatic N) is 2. The lowest BCUT2D eigenvalue weighted by Crippen LogP contribution is -2.40. The number of fused-ring (bicyclic) bond motifs is 1. The van der Waals surface area contributed by atoms with Crippen molar-refractivity contribution in [3.8, 4) is 11.5 Å². The highest BCUT2D eigenvalue weighted by Gasteiger charge is 2.34. The molecule has 0 aliphatic carbocycles. The number of hydrogen-bond donors (Lipinski definition) is 1. The molecule has 0 fully saturated rings. The van der Waals surface area contributed by atoms with Gasteiger partial charge in [0, 0.05) is 21.8 Å². The van der Waals surface area contributed by atoms with E-state index in [2.05, 4.69) is 21.2 Å². The van der Waals surface area contributed by atoms with Gasteiger partial charge in [-0.25, -0.2) is 4.99 Å². The van der Waals surface area contributed by atoms with E-state index in [9.17, 15) is 9.59 Å². The Morgan fingerprint density at radius 3 is 2.55 bits per heavy atom. The van der Waals surface area contributed by atoms with E-state index in [1.54, 1.807) is 37.8 Å². The van der Waals surface area contributed by atoms with Gasteiger partial charge in [-0.05, 0) is 55.0 Å². The lowest BCUT2D eigenvalue weighted by atomic mass is 9.94. The SMILES string of the molecule is COc1ccc([C@H]2C(C(=O)Nc3ccccc3)=C(C)N=c3s/c(=C\c4cccc(Br)c4)c(=O)n32)c(OC)c1. The predicted molar refractivity (Wildman–Crippen MR) is 153 cm³/mol. The highest BCUT2D eigenvalue weighted by molar-refractivity contribution is 9.10. The van der Waals surface area contributed by atoms with Crippen LogP contribution in [0.25, 0.3) is 6.08 Å². The molecule has 0 saturated carbocycles. The van der Waals surface area contributed by atoms with Crippen LogP contribution in [0, 0.1) is 0 Å². The second kappa shape index (κ2) is 10.8. The molecule has 1 aliphatic rings. The third-order valence-electron chi connectivity index (χ3n) is 6.18. The van der Waals surface area contributed by atoms with E-state index in [0.29, 0.717) is 43.4 Å². The molecule has 7 nitrogen and oxygen atoms in total. The minimum absolute atomic E-state index is 0.242. The van der Waals surface area contributed by atoms with Gasteiger partial charge in [-0.3, -0.25) is 14.2 Å². The molecule has 0 spiro atoms.